The van der Waals surface area contributed by atoms with Crippen LogP contribution < -0.4 is 0 Å². The van der Waals surface area contributed by atoms with E-state index in [9.17, 15) is 0 Å². The molecule has 1 aromatic carbocycles. The first kappa shape index (κ1) is 7.56. The van der Waals surface area contributed by atoms with Crippen molar-refractivity contribution in [1.82, 2.24) is 4.98 Å². The number of fused-ring (bicyclic) bond motifs is 1. The van der Waals surface area contributed by atoms with Crippen molar-refractivity contribution < 1.29 is 0 Å². The Labute approximate surface area is 76.0 Å². The van der Waals surface area contributed by atoms with Crippen molar-refractivity contribution in [3.63, 3.8) is 0 Å². The van der Waals surface area contributed by atoms with E-state index >= 15 is 0 Å². The molecule has 2 heteroatoms. The molecule has 0 spiro atoms. The Morgan fingerprint density at radius 1 is 1.42 bits per heavy atom. The first-order chi connectivity index (χ1) is 5.75. The quantitative estimate of drug-likeness (QED) is 0.563. The van der Waals surface area contributed by atoms with Crippen LogP contribution in [0.4, 0.5) is 0 Å². The summed E-state index contributed by atoms with van der Waals surface area (Å²) in [5.41, 5.74) is 2.14. The van der Waals surface area contributed by atoms with Crippen molar-refractivity contribution in [1.29, 1.82) is 0 Å². The lowest BCUT2D eigenvalue weighted by Gasteiger charge is -1.97. The van der Waals surface area contributed by atoms with Crippen molar-refractivity contribution >= 4 is 22.5 Å². The molecule has 59 valence electrons. The summed E-state index contributed by atoms with van der Waals surface area (Å²) in [6.45, 7) is 2.05. The predicted octanol–water partition coefficient (Wildman–Crippen LogP) is 3.00. The monoisotopic (exact) mass is 176 g/mol. The van der Waals surface area contributed by atoms with Crippen LogP contribution in [0.3, 0.4) is 0 Å². The van der Waals surface area contributed by atoms with Gasteiger partial charge in [0.25, 0.3) is 0 Å². The highest BCUT2D eigenvalue weighted by Crippen LogP contribution is 2.15. The highest BCUT2D eigenvalue weighted by atomic mass is 35.5. The van der Waals surface area contributed by atoms with Crippen molar-refractivity contribution in [2.45, 2.75) is 6.92 Å². The Balaban J connectivity index is 2.79. The van der Waals surface area contributed by atoms with E-state index in [-0.39, 0.29) is 0 Å². The minimum atomic E-state index is 0.423. The Morgan fingerprint density at radius 3 is 3.08 bits per heavy atom. The van der Waals surface area contributed by atoms with Gasteiger partial charge in [-0.2, -0.15) is 0 Å². The molecular weight excluding hydrogens is 170 g/mol. The first-order valence-electron chi connectivity index (χ1n) is 3.70. The van der Waals surface area contributed by atoms with Crippen LogP contribution in [0.1, 0.15) is 5.56 Å². The molecule has 0 unspecified atom stereocenters. The fourth-order valence-corrected chi connectivity index (χ4v) is 1.31. The van der Waals surface area contributed by atoms with Gasteiger partial charge < -0.3 is 0 Å². The molecule has 1 heterocycles. The highest BCUT2D eigenvalue weighted by Gasteiger charge is 1.95. The molecule has 0 amide bonds. The summed E-state index contributed by atoms with van der Waals surface area (Å²) in [6.07, 6.45) is 0. The Morgan fingerprint density at radius 2 is 2.25 bits per heavy atom. The summed E-state index contributed by atoms with van der Waals surface area (Å²) < 4.78 is 0. The molecule has 0 saturated heterocycles. The van der Waals surface area contributed by atoms with Crippen LogP contribution in [0.2, 0.25) is 5.15 Å². The van der Waals surface area contributed by atoms with Crippen molar-refractivity contribution in [3.8, 4) is 0 Å². The standard InChI is InChI=1S/C10H7ClN/c1-7-2-4-9-8(6-7)3-5-10(11)12-9/h2-4,6H,1H3. The molecule has 0 saturated carbocycles. The lowest BCUT2D eigenvalue weighted by molar-refractivity contribution is 1.39. The Bertz CT molecular complexity index is 382. The minimum absolute atomic E-state index is 0.423. The van der Waals surface area contributed by atoms with Crippen LogP contribution in [0.25, 0.3) is 10.9 Å². The zero-order chi connectivity index (χ0) is 8.55. The Hall–Kier alpha value is -1.08. The number of pyridine rings is 1. The van der Waals surface area contributed by atoms with Gasteiger partial charge in [0.05, 0.1) is 5.52 Å². The van der Waals surface area contributed by atoms with Gasteiger partial charge in [-0.3, -0.25) is 0 Å². The topological polar surface area (TPSA) is 12.9 Å². The molecule has 0 N–H and O–H groups in total. The van der Waals surface area contributed by atoms with Gasteiger partial charge in [-0.15, -0.1) is 0 Å². The molecule has 0 fully saturated rings. The van der Waals surface area contributed by atoms with Gasteiger partial charge in [-0.05, 0) is 25.1 Å². The van der Waals surface area contributed by atoms with Crippen LogP contribution in [0.5, 0.6) is 0 Å². The lowest BCUT2D eigenvalue weighted by Crippen LogP contribution is -1.80. The molecule has 0 aliphatic carbocycles. The maximum atomic E-state index is 5.69. The van der Waals surface area contributed by atoms with Crippen LogP contribution in [-0.2, 0) is 0 Å². The number of halogens is 1. The fourth-order valence-electron chi connectivity index (χ4n) is 1.17. The summed E-state index contributed by atoms with van der Waals surface area (Å²) in [5.74, 6) is 0. The molecule has 2 aromatic rings. The van der Waals surface area contributed by atoms with E-state index in [1.165, 1.54) is 5.56 Å². The van der Waals surface area contributed by atoms with Gasteiger partial charge >= 0.3 is 0 Å². The number of nitrogens with zero attached hydrogens (tertiary/aromatic N) is 1. The molecule has 1 nitrogen and oxygen atoms in total. The van der Waals surface area contributed by atoms with Gasteiger partial charge in [0.2, 0.25) is 0 Å². The maximum Gasteiger partial charge on any atom is 0.137 e. The van der Waals surface area contributed by atoms with Crippen LogP contribution in [0, 0.1) is 13.0 Å². The van der Waals surface area contributed by atoms with E-state index in [1.807, 2.05) is 25.1 Å². The molecule has 0 atom stereocenters. The van der Waals surface area contributed by atoms with Gasteiger partial charge in [0, 0.05) is 11.5 Å². The molecule has 1 radical (unpaired) electrons. The van der Waals surface area contributed by atoms with E-state index in [1.54, 1.807) is 0 Å². The summed E-state index contributed by atoms with van der Waals surface area (Å²) in [4.78, 5) is 4.13. The smallest absolute Gasteiger partial charge is 0.137 e. The van der Waals surface area contributed by atoms with E-state index < -0.39 is 0 Å². The van der Waals surface area contributed by atoms with Crippen molar-refractivity contribution in [2.75, 3.05) is 0 Å². The molecular formula is C10H7ClN. The second-order valence-electron chi connectivity index (χ2n) is 2.75. The summed E-state index contributed by atoms with van der Waals surface area (Å²) in [5, 5.41) is 1.51. The highest BCUT2D eigenvalue weighted by molar-refractivity contribution is 6.29. The average Bonchev–Trinajstić information content (AvgIpc) is 2.05. The van der Waals surface area contributed by atoms with E-state index in [2.05, 4.69) is 17.1 Å². The van der Waals surface area contributed by atoms with Gasteiger partial charge in [0.1, 0.15) is 5.15 Å². The van der Waals surface area contributed by atoms with E-state index in [0.29, 0.717) is 5.15 Å². The van der Waals surface area contributed by atoms with Crippen molar-refractivity contribution in [3.05, 3.63) is 41.0 Å². The molecule has 2 rings (SSSR count). The zero-order valence-corrected chi connectivity index (χ0v) is 7.39. The first-order valence-corrected chi connectivity index (χ1v) is 4.08. The minimum Gasteiger partial charge on any atom is -0.235 e. The van der Waals surface area contributed by atoms with Gasteiger partial charge in [-0.1, -0.05) is 23.2 Å². The van der Waals surface area contributed by atoms with E-state index in [4.69, 9.17) is 11.6 Å². The number of hydrogen-bond donors (Lipinski definition) is 0. The number of hydrogen-bond acceptors (Lipinski definition) is 1. The lowest BCUT2D eigenvalue weighted by atomic mass is 10.1. The molecule has 0 bridgehead atoms. The second kappa shape index (κ2) is 2.76. The average molecular weight is 177 g/mol. The summed E-state index contributed by atoms with van der Waals surface area (Å²) in [6, 6.07) is 10.8. The number of benzene rings is 1. The number of aromatic nitrogens is 1. The van der Waals surface area contributed by atoms with Gasteiger partial charge in [-0.25, -0.2) is 4.98 Å². The van der Waals surface area contributed by atoms with Crippen molar-refractivity contribution in [2.24, 2.45) is 0 Å². The molecule has 12 heavy (non-hydrogen) atoms. The van der Waals surface area contributed by atoms with E-state index in [0.717, 1.165) is 10.9 Å². The fraction of sp³-hybridized carbons (Fsp3) is 0.100. The normalized spacial score (nSPS) is 10.5. The van der Waals surface area contributed by atoms with Crippen LogP contribution in [0.15, 0.2) is 24.3 Å². The number of aryl methyl sites for hydroxylation is 1. The molecule has 0 aliphatic heterocycles. The second-order valence-corrected chi connectivity index (χ2v) is 3.11. The predicted molar refractivity (Wildman–Crippen MR) is 50.3 cm³/mol. The third kappa shape index (κ3) is 1.28. The van der Waals surface area contributed by atoms with Gasteiger partial charge in [0.15, 0.2) is 0 Å². The van der Waals surface area contributed by atoms with Crippen LogP contribution >= 0.6 is 11.6 Å². The third-order valence-electron chi connectivity index (χ3n) is 1.75. The third-order valence-corrected chi connectivity index (χ3v) is 1.94. The molecule has 1 aromatic heterocycles. The summed E-state index contributed by atoms with van der Waals surface area (Å²) >= 11 is 5.69. The SMILES string of the molecule is Cc1ccc2nc(Cl)[c]cc2c1. The largest absolute Gasteiger partial charge is 0.235 e. The number of rotatable bonds is 0. The molecule has 0 aliphatic rings. The maximum absolute atomic E-state index is 5.69. The van der Waals surface area contributed by atoms with Crippen LogP contribution in [-0.4, -0.2) is 4.98 Å². The summed E-state index contributed by atoms with van der Waals surface area (Å²) in [7, 11) is 0. The Kier molecular flexibility index (Phi) is 1.74. The zero-order valence-electron chi connectivity index (χ0n) is 6.63.